The van der Waals surface area contributed by atoms with Gasteiger partial charge in [0.15, 0.2) is 0 Å². The van der Waals surface area contributed by atoms with Crippen LogP contribution >= 0.6 is 0 Å². The summed E-state index contributed by atoms with van der Waals surface area (Å²) in [6.07, 6.45) is 3.58. The number of hydrogen-bond donors (Lipinski definition) is 0. The lowest BCUT2D eigenvalue weighted by molar-refractivity contribution is -0.272. The molecule has 3 aliphatic carbocycles. The molecule has 2 saturated heterocycles. The summed E-state index contributed by atoms with van der Waals surface area (Å²) in [6, 6.07) is 0. The van der Waals surface area contributed by atoms with Gasteiger partial charge in [0.25, 0.3) is 0 Å². The average Bonchev–Trinajstić information content (AvgIpc) is 3.10. The SMILES string of the molecule is CC(=O)OC1O[C@@H]2OC(=O)[C@@H]3CCC4[C@@]5(C)CCCC(C)(C)C5[C@@H](OC(C)=O)C[C@]14C23. The first kappa shape index (κ1) is 21.2. The molecule has 0 amide bonds. The molecule has 172 valence electrons. The average molecular weight is 435 g/mol. The van der Waals surface area contributed by atoms with E-state index < -0.39 is 24.0 Å². The van der Waals surface area contributed by atoms with E-state index in [1.165, 1.54) is 13.8 Å². The fourth-order valence-electron chi connectivity index (χ4n) is 8.91. The summed E-state index contributed by atoms with van der Waals surface area (Å²) >= 11 is 0. The Labute approximate surface area is 183 Å². The molecule has 5 rings (SSSR count). The number of ether oxygens (including phenoxy) is 4. The highest BCUT2D eigenvalue weighted by atomic mass is 16.8. The molecule has 0 N–H and O–H groups in total. The first-order valence-corrected chi connectivity index (χ1v) is 11.7. The molecule has 1 spiro atoms. The smallest absolute Gasteiger partial charge is 0.311 e. The Morgan fingerprint density at radius 1 is 1.03 bits per heavy atom. The summed E-state index contributed by atoms with van der Waals surface area (Å²) in [6.45, 7) is 9.75. The number of hydrogen-bond acceptors (Lipinski definition) is 7. The quantitative estimate of drug-likeness (QED) is 0.485. The lowest BCUT2D eigenvalue weighted by Gasteiger charge is -2.66. The fourth-order valence-corrected chi connectivity index (χ4v) is 8.91. The number of rotatable bonds is 2. The second kappa shape index (κ2) is 6.69. The summed E-state index contributed by atoms with van der Waals surface area (Å²) in [5.41, 5.74) is -0.694. The van der Waals surface area contributed by atoms with Crippen LogP contribution in [0, 0.1) is 39.9 Å². The van der Waals surface area contributed by atoms with E-state index >= 15 is 0 Å². The van der Waals surface area contributed by atoms with Crippen LogP contribution in [0.1, 0.15) is 73.1 Å². The summed E-state index contributed by atoms with van der Waals surface area (Å²) in [7, 11) is 0. The van der Waals surface area contributed by atoms with Crippen molar-refractivity contribution in [3.8, 4) is 0 Å². The Morgan fingerprint density at radius 3 is 2.42 bits per heavy atom. The summed E-state index contributed by atoms with van der Waals surface area (Å²) in [5.74, 6) is -0.961. The standard InChI is InChI=1S/C24H34O7/c1-12(25)28-15-11-24-16(23(5)10-6-9-22(3,4)18(15)23)8-7-14-17(24)20(30-19(14)27)31-21(24)29-13(2)26/h14-18,20-21H,6-11H2,1-5H3/t14-,15+,16?,17?,18?,20+,21?,23-,24+/m1/s1. The van der Waals surface area contributed by atoms with Crippen molar-refractivity contribution in [3.05, 3.63) is 0 Å². The van der Waals surface area contributed by atoms with Crippen molar-refractivity contribution in [3.63, 3.8) is 0 Å². The van der Waals surface area contributed by atoms with Gasteiger partial charge in [0.1, 0.15) is 6.10 Å². The van der Waals surface area contributed by atoms with Crippen molar-refractivity contribution in [1.82, 2.24) is 0 Å². The Morgan fingerprint density at radius 2 is 1.74 bits per heavy atom. The summed E-state index contributed by atoms with van der Waals surface area (Å²) < 4.78 is 23.6. The van der Waals surface area contributed by atoms with Crippen LogP contribution in [0.5, 0.6) is 0 Å². The molecule has 0 bridgehead atoms. The molecule has 9 atom stereocenters. The predicted molar refractivity (Wildman–Crippen MR) is 108 cm³/mol. The van der Waals surface area contributed by atoms with Crippen LogP contribution in [0.2, 0.25) is 0 Å². The Bertz CT molecular complexity index is 821. The molecule has 7 heteroatoms. The molecule has 0 aromatic carbocycles. The van der Waals surface area contributed by atoms with Crippen LogP contribution in [-0.2, 0) is 33.3 Å². The van der Waals surface area contributed by atoms with E-state index in [2.05, 4.69) is 20.8 Å². The van der Waals surface area contributed by atoms with Crippen molar-refractivity contribution in [1.29, 1.82) is 0 Å². The zero-order valence-corrected chi connectivity index (χ0v) is 19.1. The van der Waals surface area contributed by atoms with Crippen LogP contribution in [0.4, 0.5) is 0 Å². The summed E-state index contributed by atoms with van der Waals surface area (Å²) in [5, 5.41) is 0. The van der Waals surface area contributed by atoms with Gasteiger partial charge in [-0.15, -0.1) is 0 Å². The van der Waals surface area contributed by atoms with Gasteiger partial charge in [-0.25, -0.2) is 0 Å². The largest absolute Gasteiger partial charge is 0.462 e. The van der Waals surface area contributed by atoms with E-state index in [-0.39, 0.29) is 52.5 Å². The molecule has 5 aliphatic rings. The number of fused-ring (bicyclic) bond motifs is 2. The lowest BCUT2D eigenvalue weighted by Crippen LogP contribution is -2.67. The van der Waals surface area contributed by atoms with Gasteiger partial charge >= 0.3 is 17.9 Å². The van der Waals surface area contributed by atoms with Gasteiger partial charge in [-0.05, 0) is 48.9 Å². The zero-order chi connectivity index (χ0) is 22.3. The lowest BCUT2D eigenvalue weighted by atomic mass is 9.38. The van der Waals surface area contributed by atoms with Gasteiger partial charge in [0.2, 0.25) is 12.6 Å². The Balaban J connectivity index is 1.67. The highest BCUT2D eigenvalue weighted by Gasteiger charge is 2.77. The molecule has 3 saturated carbocycles. The van der Waals surface area contributed by atoms with E-state index in [1.807, 2.05) is 0 Å². The van der Waals surface area contributed by atoms with Crippen molar-refractivity contribution in [2.24, 2.45) is 39.9 Å². The molecular weight excluding hydrogens is 400 g/mol. The maximum Gasteiger partial charge on any atom is 0.311 e. The monoisotopic (exact) mass is 434 g/mol. The molecule has 4 unspecified atom stereocenters. The Kier molecular flexibility index (Phi) is 4.58. The third-order valence-electron chi connectivity index (χ3n) is 9.40. The zero-order valence-electron chi connectivity index (χ0n) is 19.1. The third-order valence-corrected chi connectivity index (χ3v) is 9.40. The first-order chi connectivity index (χ1) is 14.5. The predicted octanol–water partition coefficient (Wildman–Crippen LogP) is 3.59. The molecule has 5 fully saturated rings. The normalized spacial score (nSPS) is 49.3. The summed E-state index contributed by atoms with van der Waals surface area (Å²) in [4.78, 5) is 36.9. The van der Waals surface area contributed by atoms with Gasteiger partial charge < -0.3 is 18.9 Å². The Hall–Kier alpha value is -1.63. The molecule has 0 radical (unpaired) electrons. The minimum Gasteiger partial charge on any atom is -0.462 e. The van der Waals surface area contributed by atoms with Gasteiger partial charge in [-0.1, -0.05) is 27.2 Å². The van der Waals surface area contributed by atoms with E-state index in [0.29, 0.717) is 6.42 Å². The molecule has 2 aliphatic heterocycles. The van der Waals surface area contributed by atoms with E-state index in [4.69, 9.17) is 18.9 Å². The second-order valence-corrected chi connectivity index (χ2v) is 11.4. The van der Waals surface area contributed by atoms with E-state index in [1.54, 1.807) is 0 Å². The molecule has 0 aromatic heterocycles. The minimum atomic E-state index is -0.790. The number of esters is 3. The van der Waals surface area contributed by atoms with E-state index in [9.17, 15) is 14.4 Å². The van der Waals surface area contributed by atoms with Crippen LogP contribution in [0.15, 0.2) is 0 Å². The van der Waals surface area contributed by atoms with Crippen LogP contribution in [0.3, 0.4) is 0 Å². The molecule has 0 aromatic rings. The van der Waals surface area contributed by atoms with Crippen LogP contribution in [0.25, 0.3) is 0 Å². The van der Waals surface area contributed by atoms with Crippen molar-refractivity contribution < 1.29 is 33.3 Å². The van der Waals surface area contributed by atoms with Crippen LogP contribution in [-0.4, -0.2) is 36.6 Å². The highest BCUT2D eigenvalue weighted by Crippen LogP contribution is 2.74. The molecule has 7 nitrogen and oxygen atoms in total. The molecule has 31 heavy (non-hydrogen) atoms. The highest BCUT2D eigenvalue weighted by molar-refractivity contribution is 5.76. The topological polar surface area (TPSA) is 88.1 Å². The van der Waals surface area contributed by atoms with Gasteiger partial charge in [0, 0.05) is 31.1 Å². The maximum atomic E-state index is 12.6. The number of carbonyl (C=O) groups is 3. The first-order valence-electron chi connectivity index (χ1n) is 11.7. The van der Waals surface area contributed by atoms with Gasteiger partial charge in [-0.2, -0.15) is 0 Å². The fraction of sp³-hybridized carbons (Fsp3) is 0.875. The third kappa shape index (κ3) is 2.77. The molecular formula is C24H34O7. The van der Waals surface area contributed by atoms with Crippen molar-refractivity contribution in [2.45, 2.75) is 91.8 Å². The van der Waals surface area contributed by atoms with Crippen LogP contribution < -0.4 is 0 Å². The number of carbonyl (C=O) groups excluding carboxylic acids is 3. The second-order valence-electron chi connectivity index (χ2n) is 11.4. The van der Waals surface area contributed by atoms with E-state index in [0.717, 1.165) is 32.1 Å². The van der Waals surface area contributed by atoms with Crippen molar-refractivity contribution in [2.75, 3.05) is 0 Å². The van der Waals surface area contributed by atoms with Gasteiger partial charge in [0.05, 0.1) is 5.92 Å². The van der Waals surface area contributed by atoms with Crippen molar-refractivity contribution >= 4 is 17.9 Å². The minimum absolute atomic E-state index is 0.0172. The maximum absolute atomic E-state index is 12.6. The van der Waals surface area contributed by atoms with Gasteiger partial charge in [-0.3, -0.25) is 14.4 Å². The molecule has 2 heterocycles.